The Morgan fingerprint density at radius 3 is 2.15 bits per heavy atom. The molecule has 2 saturated heterocycles. The molecule has 3 fully saturated rings. The number of ether oxygens (including phenoxy) is 6. The highest BCUT2D eigenvalue weighted by Gasteiger charge is 2.58. The maximum absolute atomic E-state index is 14.6. The normalized spacial score (nSPS) is 18.7. The molecule has 552 valence electrons. The molecule has 0 bridgehead atoms. The lowest BCUT2D eigenvalue weighted by atomic mass is 10.0. The number of nitrogens with one attached hydrogen (secondary N) is 5. The number of carbonyl (C=O) groups is 9. The number of para-hydroxylation sites is 1. The number of methoxy groups -OCH3 is 3. The number of likely N-dealkylation sites (tertiary alicyclic amines) is 1. The van der Waals surface area contributed by atoms with Crippen LogP contribution in [0.25, 0.3) is 5.57 Å². The average molecular weight is 1440 g/mol. The van der Waals surface area contributed by atoms with E-state index in [1.54, 1.807) is 58.2 Å². The van der Waals surface area contributed by atoms with Crippen LogP contribution in [-0.2, 0) is 46.7 Å². The van der Waals surface area contributed by atoms with Crippen LogP contribution in [0.3, 0.4) is 0 Å². The van der Waals surface area contributed by atoms with Crippen LogP contribution >= 0.6 is 0 Å². The lowest BCUT2D eigenvalue weighted by Gasteiger charge is -2.31. The summed E-state index contributed by atoms with van der Waals surface area (Å²) >= 11 is 0. The Morgan fingerprint density at radius 1 is 0.726 bits per heavy atom. The van der Waals surface area contributed by atoms with Crippen molar-refractivity contribution in [2.75, 3.05) is 87.7 Å². The van der Waals surface area contributed by atoms with Crippen LogP contribution in [0.15, 0.2) is 128 Å². The van der Waals surface area contributed by atoms with Gasteiger partial charge in [0.25, 0.3) is 11.8 Å². The molecule has 26 heteroatoms. The Morgan fingerprint density at radius 2 is 1.42 bits per heavy atom. The van der Waals surface area contributed by atoms with Crippen LogP contribution in [0.1, 0.15) is 127 Å². The van der Waals surface area contributed by atoms with E-state index in [1.165, 1.54) is 31.3 Å². The molecule has 1 spiro atoms. The molecule has 9 amide bonds. The number of benzene rings is 6. The second-order valence-electron chi connectivity index (χ2n) is 28.1. The van der Waals surface area contributed by atoms with Crippen molar-refractivity contribution in [1.82, 2.24) is 30.7 Å². The van der Waals surface area contributed by atoms with E-state index >= 15 is 0 Å². The van der Waals surface area contributed by atoms with Gasteiger partial charge in [-0.25, -0.2) is 9.69 Å². The molecule has 6 N–H and O–H groups in total. The molecule has 106 heavy (non-hydrogen) atoms. The number of hydrogen-bond donors (Lipinski definition) is 6. The summed E-state index contributed by atoms with van der Waals surface area (Å²) < 4.78 is 35.3. The first-order chi connectivity index (χ1) is 51.3. The molecule has 1 aliphatic carbocycles. The molecule has 5 atom stereocenters. The monoisotopic (exact) mass is 1440 g/mol. The quantitative estimate of drug-likeness (QED) is 0.0233. The van der Waals surface area contributed by atoms with E-state index in [1.807, 2.05) is 92.8 Å². The van der Waals surface area contributed by atoms with Gasteiger partial charge in [0.2, 0.25) is 35.4 Å². The minimum Gasteiger partial charge on any atom is -0.497 e. The third kappa shape index (κ3) is 16.0. The van der Waals surface area contributed by atoms with E-state index in [2.05, 4.69) is 38.4 Å². The highest BCUT2D eigenvalue weighted by molar-refractivity contribution is 6.07. The van der Waals surface area contributed by atoms with Gasteiger partial charge in [0, 0.05) is 74.0 Å². The minimum atomic E-state index is -1.50. The van der Waals surface area contributed by atoms with E-state index in [-0.39, 0.29) is 110 Å². The lowest BCUT2D eigenvalue weighted by Crippen LogP contribution is -2.53. The molecule has 13 rings (SSSR count). The van der Waals surface area contributed by atoms with Crippen LogP contribution in [-0.4, -0.2) is 171 Å². The van der Waals surface area contributed by atoms with E-state index in [0.29, 0.717) is 90.4 Å². The SMILES string of the molecule is COc1ccc(C2=CN3C(=O)c4cc(OC)c(OCCCOc5cc6c(cc5OC)C(=O)N5CC7(CC7)C[C@H]5C(O)N6C(=O)OCc5ccc(NC(=O)[C@H](CC(C)C)NC(=O)[C@@H]6CCCN6C(=O)CNC(=O)CNC(=O)CCC(=O)N6Cc7ccccc7C#Cc7ccccc76)cc5)cc4NC[C@@H]3C2)cc1. The van der Waals surface area contributed by atoms with Gasteiger partial charge in [-0.1, -0.05) is 80.3 Å². The molecule has 6 heterocycles. The van der Waals surface area contributed by atoms with Gasteiger partial charge in [-0.05, 0) is 133 Å². The predicted molar refractivity (Wildman–Crippen MR) is 392 cm³/mol. The fourth-order valence-electron chi connectivity index (χ4n) is 14.6. The van der Waals surface area contributed by atoms with E-state index in [4.69, 9.17) is 28.4 Å². The van der Waals surface area contributed by atoms with Crippen molar-refractivity contribution in [3.05, 3.63) is 166 Å². The van der Waals surface area contributed by atoms with Gasteiger partial charge >= 0.3 is 6.09 Å². The maximum atomic E-state index is 14.6. The molecule has 6 aromatic rings. The second kappa shape index (κ2) is 31.8. The van der Waals surface area contributed by atoms with Gasteiger partial charge in [-0.3, -0.25) is 38.4 Å². The van der Waals surface area contributed by atoms with Crippen molar-refractivity contribution in [3.8, 4) is 40.6 Å². The van der Waals surface area contributed by atoms with Gasteiger partial charge in [-0.2, -0.15) is 0 Å². The Balaban J connectivity index is 0.589. The number of amides is 9. The summed E-state index contributed by atoms with van der Waals surface area (Å²) in [6.45, 7) is 4.34. The topological polar surface area (TPSA) is 306 Å². The van der Waals surface area contributed by atoms with Crippen LogP contribution in [0.4, 0.5) is 27.5 Å². The third-order valence-electron chi connectivity index (χ3n) is 20.5. The van der Waals surface area contributed by atoms with Gasteiger partial charge < -0.3 is 79.7 Å². The van der Waals surface area contributed by atoms with Gasteiger partial charge in [0.05, 0.1) is 94.5 Å². The largest absolute Gasteiger partial charge is 0.497 e. The van der Waals surface area contributed by atoms with Crippen LogP contribution < -0.4 is 60.1 Å². The molecular weight excluding hydrogens is 1360 g/mol. The van der Waals surface area contributed by atoms with E-state index < -0.39 is 73.1 Å². The summed E-state index contributed by atoms with van der Waals surface area (Å²) in [5.74, 6) is 4.67. The average Bonchev–Trinajstić information content (AvgIpc) is 1.56. The standard InChI is InChI=1S/C80H86N10O16/c1-48(2)34-61(85-75(96)63-16-10-31-86(63)73(94)43-83-71(92)42-82-70(91)27-28-72(93)88-44-53-14-7-6-12-50(53)19-20-52-13-8-9-15-62(52)88)74(95)84-55-23-17-49(18-24-55)46-106-79(100)90-64-39-69(67(103-5)37-59(64)77(98)89-47-80(29-30-80)40-65(89)78(90)99)105-33-11-32-104-68-38-60-58(36-66(68)102-4)76(97)87-45-54(35-56(87)41-81-60)51-21-25-57(101-3)26-22-51/h6-9,12-15,17-18,21-26,36-39,45,48,56,61,63,65,78,81,99H,10-11,16,27-35,40-44,46-47H2,1-5H3,(H,82,91)(H,83,92)(H,84,95)(H,85,96)/t56-,61-,63-,65-,78?/m0/s1. The lowest BCUT2D eigenvalue weighted by molar-refractivity contribution is -0.139. The summed E-state index contributed by atoms with van der Waals surface area (Å²) in [7, 11) is 4.58. The fraction of sp³-hybridized carbons (Fsp3) is 0.388. The van der Waals surface area contributed by atoms with Crippen molar-refractivity contribution in [2.24, 2.45) is 11.3 Å². The molecule has 7 aliphatic rings. The summed E-state index contributed by atoms with van der Waals surface area (Å²) in [5, 5.41) is 26.5. The van der Waals surface area contributed by atoms with E-state index in [0.717, 1.165) is 45.8 Å². The molecule has 1 unspecified atom stereocenters. The van der Waals surface area contributed by atoms with Crippen molar-refractivity contribution in [3.63, 3.8) is 0 Å². The highest BCUT2D eigenvalue weighted by atomic mass is 16.6. The number of anilines is 4. The first-order valence-electron chi connectivity index (χ1n) is 35.9. The third-order valence-corrected chi connectivity index (χ3v) is 20.5. The first kappa shape index (κ1) is 72.8. The Kier molecular flexibility index (Phi) is 21.8. The van der Waals surface area contributed by atoms with Crippen molar-refractivity contribution in [2.45, 2.75) is 122 Å². The Bertz CT molecular complexity index is 4510. The van der Waals surface area contributed by atoms with Gasteiger partial charge in [0.1, 0.15) is 24.4 Å². The zero-order valence-corrected chi connectivity index (χ0v) is 59.8. The zero-order valence-electron chi connectivity index (χ0n) is 59.8. The Hall–Kier alpha value is -11.6. The highest BCUT2D eigenvalue weighted by Crippen LogP contribution is 2.57. The summed E-state index contributed by atoms with van der Waals surface area (Å²) in [6, 6.07) is 32.9. The molecule has 26 nitrogen and oxygen atoms in total. The van der Waals surface area contributed by atoms with Crippen molar-refractivity contribution < 1.29 is 76.7 Å². The van der Waals surface area contributed by atoms with Crippen LogP contribution in [0.2, 0.25) is 0 Å². The number of nitrogens with zero attached hydrogens (tertiary/aromatic N) is 5. The molecule has 0 aromatic heterocycles. The molecule has 0 radical (unpaired) electrons. The van der Waals surface area contributed by atoms with Gasteiger partial charge in [-0.15, -0.1) is 0 Å². The fourth-order valence-corrected chi connectivity index (χ4v) is 14.6. The molecule has 1 saturated carbocycles. The van der Waals surface area contributed by atoms with Crippen molar-refractivity contribution in [1.29, 1.82) is 0 Å². The molecular formula is C80H86N10O16. The van der Waals surface area contributed by atoms with Gasteiger partial charge in [0.15, 0.2) is 29.2 Å². The first-order valence-corrected chi connectivity index (χ1v) is 35.9. The number of carbonyl (C=O) groups excluding carboxylic acids is 9. The maximum Gasteiger partial charge on any atom is 0.416 e. The summed E-state index contributed by atoms with van der Waals surface area (Å²) in [6.07, 6.45) is 3.52. The van der Waals surface area contributed by atoms with Crippen LogP contribution in [0, 0.1) is 23.2 Å². The number of aliphatic hydroxyl groups excluding tert-OH is 1. The summed E-state index contributed by atoms with van der Waals surface area (Å²) in [5.41, 5.74) is 7.03. The molecule has 6 aromatic carbocycles. The Labute approximate surface area is 614 Å². The van der Waals surface area contributed by atoms with E-state index in [9.17, 15) is 48.3 Å². The smallest absolute Gasteiger partial charge is 0.416 e. The molecule has 6 aliphatic heterocycles. The second-order valence-corrected chi connectivity index (χ2v) is 28.1. The number of aliphatic hydroxyl groups is 1. The number of fused-ring (bicyclic) bond motifs is 6. The van der Waals surface area contributed by atoms with Crippen LogP contribution in [0.5, 0.6) is 28.7 Å². The zero-order chi connectivity index (χ0) is 74.3. The number of rotatable bonds is 25. The van der Waals surface area contributed by atoms with Crippen molar-refractivity contribution >= 4 is 81.7 Å². The number of hydrogen-bond acceptors (Lipinski definition) is 17. The predicted octanol–water partition coefficient (Wildman–Crippen LogP) is 8.13. The summed E-state index contributed by atoms with van der Waals surface area (Å²) in [4.78, 5) is 132. The minimum absolute atomic E-state index is 0.0390.